The molecule has 0 fully saturated rings. The molecule has 0 heterocycles. The second kappa shape index (κ2) is 7.07. The molecule has 0 aliphatic heterocycles. The Morgan fingerprint density at radius 1 is 1.38 bits per heavy atom. The van der Waals surface area contributed by atoms with Gasteiger partial charge in [0, 0.05) is 6.04 Å². The van der Waals surface area contributed by atoms with Gasteiger partial charge in [-0.15, -0.1) is 0 Å². The van der Waals surface area contributed by atoms with Crippen LogP contribution < -0.4 is 10.1 Å². The summed E-state index contributed by atoms with van der Waals surface area (Å²) >= 11 is 0. The second-order valence-electron chi connectivity index (χ2n) is 3.84. The molecule has 2 nitrogen and oxygen atoms in total. The van der Waals surface area contributed by atoms with Gasteiger partial charge in [-0.1, -0.05) is 31.7 Å². The minimum atomic E-state index is 0.556. The Labute approximate surface area is 98.3 Å². The van der Waals surface area contributed by atoms with Gasteiger partial charge in [0.15, 0.2) is 0 Å². The molecule has 0 aromatic heterocycles. The molecule has 1 N–H and O–H groups in total. The smallest absolute Gasteiger partial charge is 0.119 e. The van der Waals surface area contributed by atoms with E-state index in [1.807, 2.05) is 19.2 Å². The Kier molecular flexibility index (Phi) is 5.65. The van der Waals surface area contributed by atoms with Crippen molar-refractivity contribution in [2.24, 2.45) is 0 Å². The summed E-state index contributed by atoms with van der Waals surface area (Å²) in [5.41, 5.74) is 1.34. The molecule has 0 saturated carbocycles. The van der Waals surface area contributed by atoms with E-state index >= 15 is 0 Å². The summed E-state index contributed by atoms with van der Waals surface area (Å²) in [6.45, 7) is 6.38. The van der Waals surface area contributed by atoms with Crippen molar-refractivity contribution in [3.63, 3.8) is 0 Å². The van der Waals surface area contributed by atoms with E-state index < -0.39 is 0 Å². The summed E-state index contributed by atoms with van der Waals surface area (Å²) in [5.74, 6) is 0.904. The maximum atomic E-state index is 5.43. The van der Waals surface area contributed by atoms with Crippen LogP contribution >= 0.6 is 0 Å². The third kappa shape index (κ3) is 4.07. The van der Waals surface area contributed by atoms with E-state index in [4.69, 9.17) is 4.74 Å². The van der Waals surface area contributed by atoms with Gasteiger partial charge in [0.2, 0.25) is 0 Å². The molecular formula is C14H21NO. The van der Waals surface area contributed by atoms with Gasteiger partial charge >= 0.3 is 0 Å². The number of nitrogens with one attached hydrogen (secondary N) is 1. The number of hydrogen-bond acceptors (Lipinski definition) is 2. The SMILES string of the molecule is C=CCOc1ccc(C[C@@H](CC)NC)cc1. The molecule has 1 aromatic carbocycles. The first-order chi connectivity index (χ1) is 7.80. The largest absolute Gasteiger partial charge is 0.490 e. The van der Waals surface area contributed by atoms with Gasteiger partial charge < -0.3 is 10.1 Å². The van der Waals surface area contributed by atoms with Gasteiger partial charge in [0.1, 0.15) is 12.4 Å². The van der Waals surface area contributed by atoms with E-state index in [2.05, 4.69) is 31.0 Å². The molecular weight excluding hydrogens is 198 g/mol. The van der Waals surface area contributed by atoms with Crippen LogP contribution in [0.25, 0.3) is 0 Å². The highest BCUT2D eigenvalue weighted by atomic mass is 16.5. The van der Waals surface area contributed by atoms with E-state index in [9.17, 15) is 0 Å². The fourth-order valence-corrected chi connectivity index (χ4v) is 1.61. The molecule has 1 rings (SSSR count). The lowest BCUT2D eigenvalue weighted by Crippen LogP contribution is -2.26. The second-order valence-corrected chi connectivity index (χ2v) is 3.84. The topological polar surface area (TPSA) is 21.3 Å². The molecule has 88 valence electrons. The monoisotopic (exact) mass is 219 g/mol. The van der Waals surface area contributed by atoms with Crippen molar-refractivity contribution in [1.29, 1.82) is 0 Å². The first-order valence-corrected chi connectivity index (χ1v) is 5.80. The Balaban J connectivity index is 2.53. The zero-order valence-corrected chi connectivity index (χ0v) is 10.2. The molecule has 0 radical (unpaired) electrons. The predicted octanol–water partition coefficient (Wildman–Crippen LogP) is 2.79. The van der Waals surface area contributed by atoms with Crippen molar-refractivity contribution in [3.05, 3.63) is 42.5 Å². The fourth-order valence-electron chi connectivity index (χ4n) is 1.61. The predicted molar refractivity (Wildman–Crippen MR) is 69.0 cm³/mol. The summed E-state index contributed by atoms with van der Waals surface area (Å²) in [5, 5.41) is 3.30. The average Bonchev–Trinajstić information content (AvgIpc) is 2.35. The average molecular weight is 219 g/mol. The quantitative estimate of drug-likeness (QED) is 0.712. The lowest BCUT2D eigenvalue weighted by Gasteiger charge is -2.13. The number of rotatable bonds is 7. The van der Waals surface area contributed by atoms with Crippen LogP contribution in [0.4, 0.5) is 0 Å². The van der Waals surface area contributed by atoms with Gasteiger partial charge in [0.25, 0.3) is 0 Å². The molecule has 0 saturated heterocycles. The van der Waals surface area contributed by atoms with Crippen molar-refractivity contribution in [2.75, 3.05) is 13.7 Å². The summed E-state index contributed by atoms with van der Waals surface area (Å²) in [6.07, 6.45) is 3.96. The molecule has 0 bridgehead atoms. The van der Waals surface area contributed by atoms with Crippen LogP contribution in [-0.4, -0.2) is 19.7 Å². The zero-order valence-electron chi connectivity index (χ0n) is 10.2. The highest BCUT2D eigenvalue weighted by molar-refractivity contribution is 5.27. The molecule has 0 aliphatic rings. The minimum Gasteiger partial charge on any atom is -0.490 e. The van der Waals surface area contributed by atoms with Crippen LogP contribution in [0.1, 0.15) is 18.9 Å². The van der Waals surface area contributed by atoms with Gasteiger partial charge in [-0.05, 0) is 37.6 Å². The molecule has 0 spiro atoms. The summed E-state index contributed by atoms with van der Waals surface area (Å²) < 4.78 is 5.43. The van der Waals surface area contributed by atoms with Gasteiger partial charge in [-0.25, -0.2) is 0 Å². The van der Waals surface area contributed by atoms with Gasteiger partial charge in [0.05, 0.1) is 0 Å². The molecule has 16 heavy (non-hydrogen) atoms. The van der Waals surface area contributed by atoms with Crippen LogP contribution in [0.15, 0.2) is 36.9 Å². The Morgan fingerprint density at radius 2 is 2.06 bits per heavy atom. The maximum absolute atomic E-state index is 5.43. The van der Waals surface area contributed by atoms with Crippen LogP contribution in [0, 0.1) is 0 Å². The Bertz CT molecular complexity index is 301. The third-order valence-electron chi connectivity index (χ3n) is 2.67. The van der Waals surface area contributed by atoms with Crippen LogP contribution in [0.5, 0.6) is 5.75 Å². The number of likely N-dealkylation sites (N-methyl/N-ethyl adjacent to an activating group) is 1. The molecule has 1 atom stereocenters. The van der Waals surface area contributed by atoms with E-state index in [0.717, 1.165) is 18.6 Å². The van der Waals surface area contributed by atoms with Crippen LogP contribution in [0.2, 0.25) is 0 Å². The van der Waals surface area contributed by atoms with Crippen LogP contribution in [0.3, 0.4) is 0 Å². The highest BCUT2D eigenvalue weighted by Crippen LogP contribution is 2.14. The standard InChI is InChI=1S/C14H21NO/c1-4-10-16-14-8-6-12(7-9-14)11-13(5-2)15-3/h4,6-9,13,15H,1,5,10-11H2,2-3H3/t13-/m1/s1. The summed E-state index contributed by atoms with van der Waals surface area (Å²) in [7, 11) is 2.01. The molecule has 2 heteroatoms. The van der Waals surface area contributed by atoms with E-state index in [1.54, 1.807) is 6.08 Å². The number of ether oxygens (including phenoxy) is 1. The maximum Gasteiger partial charge on any atom is 0.119 e. The van der Waals surface area contributed by atoms with Crippen molar-refractivity contribution in [1.82, 2.24) is 5.32 Å². The molecule has 1 aromatic rings. The Morgan fingerprint density at radius 3 is 2.56 bits per heavy atom. The molecule has 0 aliphatic carbocycles. The molecule has 0 unspecified atom stereocenters. The fraction of sp³-hybridized carbons (Fsp3) is 0.429. The normalized spacial score (nSPS) is 12.1. The first kappa shape index (κ1) is 12.8. The number of hydrogen-bond donors (Lipinski definition) is 1. The van der Waals surface area contributed by atoms with Gasteiger partial charge in [-0.3, -0.25) is 0 Å². The Hall–Kier alpha value is -1.28. The van der Waals surface area contributed by atoms with Crippen molar-refractivity contribution in [3.8, 4) is 5.75 Å². The van der Waals surface area contributed by atoms with Crippen LogP contribution in [-0.2, 0) is 6.42 Å². The third-order valence-corrected chi connectivity index (χ3v) is 2.67. The number of benzene rings is 1. The highest BCUT2D eigenvalue weighted by Gasteiger charge is 2.04. The van der Waals surface area contributed by atoms with Gasteiger partial charge in [-0.2, -0.15) is 0 Å². The van der Waals surface area contributed by atoms with E-state index in [-0.39, 0.29) is 0 Å². The van der Waals surface area contributed by atoms with Crippen molar-refractivity contribution in [2.45, 2.75) is 25.8 Å². The van der Waals surface area contributed by atoms with E-state index in [0.29, 0.717) is 12.6 Å². The lowest BCUT2D eigenvalue weighted by molar-refractivity contribution is 0.363. The van der Waals surface area contributed by atoms with E-state index in [1.165, 1.54) is 5.56 Å². The van der Waals surface area contributed by atoms with Crippen molar-refractivity contribution < 1.29 is 4.74 Å². The summed E-state index contributed by atoms with van der Waals surface area (Å²) in [6, 6.07) is 8.83. The zero-order chi connectivity index (χ0) is 11.8. The summed E-state index contributed by atoms with van der Waals surface area (Å²) in [4.78, 5) is 0. The first-order valence-electron chi connectivity index (χ1n) is 5.80. The van der Waals surface area contributed by atoms with Crippen molar-refractivity contribution >= 4 is 0 Å². The minimum absolute atomic E-state index is 0.556. The lowest BCUT2D eigenvalue weighted by atomic mass is 10.0. The molecule has 0 amide bonds.